The fraction of sp³-hybridized carbons (Fsp3) is 0.462. The maximum atomic E-state index is 11.6. The molecule has 2 rings (SSSR count). The summed E-state index contributed by atoms with van der Waals surface area (Å²) in [4.78, 5) is 22.0. The molecule has 0 aromatic heterocycles. The summed E-state index contributed by atoms with van der Waals surface area (Å²) >= 11 is 0. The predicted molar refractivity (Wildman–Crippen MR) is 72.1 cm³/mol. The van der Waals surface area contributed by atoms with E-state index >= 15 is 0 Å². The van der Waals surface area contributed by atoms with Crippen LogP contribution in [0.5, 0.6) is 0 Å². The van der Waals surface area contributed by atoms with Crippen LogP contribution in [0.25, 0.3) is 0 Å². The first kappa shape index (κ1) is 13.3. The van der Waals surface area contributed by atoms with Crippen LogP contribution in [0.3, 0.4) is 0 Å². The Morgan fingerprint density at radius 1 is 1.47 bits per heavy atom. The van der Waals surface area contributed by atoms with Gasteiger partial charge in [0.1, 0.15) is 5.69 Å². The third kappa shape index (κ3) is 3.94. The minimum Gasteiger partial charge on any atom is -0.371 e. The molecule has 102 valence electrons. The average molecular weight is 263 g/mol. The van der Waals surface area contributed by atoms with Crippen LogP contribution in [0.1, 0.15) is 18.4 Å². The number of amides is 1. The largest absolute Gasteiger partial charge is 0.371 e. The summed E-state index contributed by atoms with van der Waals surface area (Å²) in [5.74, 6) is 0.486. The average Bonchev–Trinajstić information content (AvgIpc) is 3.18. The summed E-state index contributed by atoms with van der Waals surface area (Å²) in [5, 5.41) is 16.5. The molecular weight excluding hydrogens is 246 g/mol. The number of hydrogen-bond donors (Lipinski definition) is 2. The van der Waals surface area contributed by atoms with Gasteiger partial charge in [-0.2, -0.15) is 0 Å². The first-order valence-corrected chi connectivity index (χ1v) is 6.32. The highest BCUT2D eigenvalue weighted by atomic mass is 16.6. The maximum Gasteiger partial charge on any atom is 0.292 e. The van der Waals surface area contributed by atoms with Gasteiger partial charge in [0.05, 0.1) is 11.5 Å². The molecule has 0 atom stereocenters. The lowest BCUT2D eigenvalue weighted by Crippen LogP contribution is -2.31. The molecule has 0 aliphatic heterocycles. The van der Waals surface area contributed by atoms with Crippen molar-refractivity contribution in [2.75, 3.05) is 18.4 Å². The predicted octanol–water partition coefficient (Wildman–Crippen LogP) is 1.84. The molecule has 2 N–H and O–H groups in total. The van der Waals surface area contributed by atoms with E-state index < -0.39 is 4.92 Å². The maximum absolute atomic E-state index is 11.6. The highest BCUT2D eigenvalue weighted by molar-refractivity contribution is 5.81. The molecule has 0 saturated heterocycles. The monoisotopic (exact) mass is 263 g/mol. The summed E-state index contributed by atoms with van der Waals surface area (Å²) in [5.41, 5.74) is 1.18. The molecule has 6 heteroatoms. The van der Waals surface area contributed by atoms with Crippen LogP contribution in [0.15, 0.2) is 18.2 Å². The first-order chi connectivity index (χ1) is 9.06. The van der Waals surface area contributed by atoms with Gasteiger partial charge in [-0.1, -0.05) is 6.07 Å². The standard InChI is InChI=1S/C13H17N3O3/c1-9-2-5-11(12(6-9)16(18)19)14-8-13(17)15-7-10-3-4-10/h2,5-6,10,14H,3-4,7-8H2,1H3,(H,15,17). The van der Waals surface area contributed by atoms with Gasteiger partial charge in [-0.15, -0.1) is 0 Å². The molecule has 0 spiro atoms. The van der Waals surface area contributed by atoms with Crippen molar-refractivity contribution in [3.63, 3.8) is 0 Å². The van der Waals surface area contributed by atoms with Gasteiger partial charge in [0.25, 0.3) is 5.69 Å². The lowest BCUT2D eigenvalue weighted by molar-refractivity contribution is -0.384. The molecule has 1 aliphatic rings. The molecule has 1 saturated carbocycles. The molecule has 1 aromatic carbocycles. The molecule has 1 aromatic rings. The zero-order chi connectivity index (χ0) is 13.8. The minimum atomic E-state index is -0.447. The molecule has 1 amide bonds. The number of carbonyl (C=O) groups is 1. The van der Waals surface area contributed by atoms with E-state index in [4.69, 9.17) is 0 Å². The summed E-state index contributed by atoms with van der Waals surface area (Å²) in [6.07, 6.45) is 2.36. The van der Waals surface area contributed by atoms with Crippen molar-refractivity contribution in [2.45, 2.75) is 19.8 Å². The number of nitro benzene ring substituents is 1. The summed E-state index contributed by atoms with van der Waals surface area (Å²) in [6, 6.07) is 4.89. The zero-order valence-corrected chi connectivity index (χ0v) is 10.8. The quantitative estimate of drug-likeness (QED) is 0.606. The van der Waals surface area contributed by atoms with Crippen molar-refractivity contribution in [3.8, 4) is 0 Å². The fourth-order valence-corrected chi connectivity index (χ4v) is 1.76. The molecule has 1 fully saturated rings. The van der Waals surface area contributed by atoms with E-state index in [2.05, 4.69) is 10.6 Å². The Balaban J connectivity index is 1.90. The first-order valence-electron chi connectivity index (χ1n) is 6.32. The number of anilines is 1. The second kappa shape index (κ2) is 5.69. The third-order valence-corrected chi connectivity index (χ3v) is 3.07. The van der Waals surface area contributed by atoms with Crippen molar-refractivity contribution in [1.82, 2.24) is 5.32 Å². The van der Waals surface area contributed by atoms with Crippen LogP contribution in [0.2, 0.25) is 0 Å². The topological polar surface area (TPSA) is 84.3 Å². The highest BCUT2D eigenvalue weighted by Gasteiger charge is 2.21. The van der Waals surface area contributed by atoms with Crippen LogP contribution in [-0.4, -0.2) is 23.9 Å². The van der Waals surface area contributed by atoms with E-state index in [1.807, 2.05) is 0 Å². The zero-order valence-electron chi connectivity index (χ0n) is 10.8. The van der Waals surface area contributed by atoms with Gasteiger partial charge in [0, 0.05) is 12.6 Å². The lowest BCUT2D eigenvalue weighted by atomic mass is 10.2. The SMILES string of the molecule is Cc1ccc(NCC(=O)NCC2CC2)c([N+](=O)[O-])c1. The third-order valence-electron chi connectivity index (χ3n) is 3.07. The van der Waals surface area contributed by atoms with E-state index in [1.165, 1.54) is 18.9 Å². The van der Waals surface area contributed by atoms with Crippen LogP contribution < -0.4 is 10.6 Å². The molecule has 0 heterocycles. The van der Waals surface area contributed by atoms with Crippen molar-refractivity contribution < 1.29 is 9.72 Å². The number of carbonyl (C=O) groups excluding carboxylic acids is 1. The van der Waals surface area contributed by atoms with E-state index in [0.717, 1.165) is 5.56 Å². The number of nitrogens with one attached hydrogen (secondary N) is 2. The van der Waals surface area contributed by atoms with Crippen LogP contribution >= 0.6 is 0 Å². The van der Waals surface area contributed by atoms with E-state index in [-0.39, 0.29) is 18.1 Å². The Hall–Kier alpha value is -2.11. The van der Waals surface area contributed by atoms with Gasteiger partial charge >= 0.3 is 0 Å². The molecule has 19 heavy (non-hydrogen) atoms. The Morgan fingerprint density at radius 2 is 2.21 bits per heavy atom. The lowest BCUT2D eigenvalue weighted by Gasteiger charge is -2.08. The summed E-state index contributed by atoms with van der Waals surface area (Å²) < 4.78 is 0. The highest BCUT2D eigenvalue weighted by Crippen LogP contribution is 2.27. The van der Waals surface area contributed by atoms with Crippen molar-refractivity contribution in [3.05, 3.63) is 33.9 Å². The van der Waals surface area contributed by atoms with Gasteiger partial charge in [0.15, 0.2) is 0 Å². The van der Waals surface area contributed by atoms with Crippen LogP contribution in [-0.2, 0) is 4.79 Å². The Labute approximate surface area is 111 Å². The fourth-order valence-electron chi connectivity index (χ4n) is 1.76. The molecule has 0 unspecified atom stereocenters. The molecular formula is C13H17N3O3. The number of hydrogen-bond acceptors (Lipinski definition) is 4. The Bertz CT molecular complexity index is 498. The minimum absolute atomic E-state index is 0.00464. The van der Waals surface area contributed by atoms with Gasteiger partial charge < -0.3 is 10.6 Å². The van der Waals surface area contributed by atoms with Crippen molar-refractivity contribution >= 4 is 17.3 Å². The smallest absolute Gasteiger partial charge is 0.292 e. The van der Waals surface area contributed by atoms with Crippen molar-refractivity contribution in [1.29, 1.82) is 0 Å². The molecule has 0 radical (unpaired) electrons. The number of aryl methyl sites for hydroxylation is 1. The number of rotatable bonds is 6. The van der Waals surface area contributed by atoms with Crippen molar-refractivity contribution in [2.24, 2.45) is 5.92 Å². The normalized spacial score (nSPS) is 13.9. The number of nitrogens with zero attached hydrogens (tertiary/aromatic N) is 1. The van der Waals surface area contributed by atoms with Gasteiger partial charge in [-0.05, 0) is 37.3 Å². The number of benzene rings is 1. The molecule has 6 nitrogen and oxygen atoms in total. The second-order valence-corrected chi connectivity index (χ2v) is 4.88. The van der Waals surface area contributed by atoms with Gasteiger partial charge in [-0.3, -0.25) is 14.9 Å². The van der Waals surface area contributed by atoms with E-state index in [1.54, 1.807) is 19.1 Å². The van der Waals surface area contributed by atoms with Gasteiger partial charge in [0.2, 0.25) is 5.91 Å². The van der Waals surface area contributed by atoms with E-state index in [9.17, 15) is 14.9 Å². The van der Waals surface area contributed by atoms with E-state index in [0.29, 0.717) is 18.2 Å². The van der Waals surface area contributed by atoms with Crippen LogP contribution in [0, 0.1) is 23.0 Å². The summed E-state index contributed by atoms with van der Waals surface area (Å²) in [6.45, 7) is 2.55. The Kier molecular flexibility index (Phi) is 3.99. The Morgan fingerprint density at radius 3 is 2.84 bits per heavy atom. The second-order valence-electron chi connectivity index (χ2n) is 4.88. The number of nitro groups is 1. The van der Waals surface area contributed by atoms with Gasteiger partial charge in [-0.25, -0.2) is 0 Å². The summed E-state index contributed by atoms with van der Waals surface area (Å²) in [7, 11) is 0. The molecule has 1 aliphatic carbocycles. The molecule has 0 bridgehead atoms. The van der Waals surface area contributed by atoms with Crippen LogP contribution in [0.4, 0.5) is 11.4 Å².